The quantitative estimate of drug-likeness (QED) is 0.799. The first-order chi connectivity index (χ1) is 10.1. The summed E-state index contributed by atoms with van der Waals surface area (Å²) in [5.74, 6) is 0.0727. The SMILES string of the molecule is COC(=O)Cc1csc(NC(=O)COc2cc(C)on2)n1. The van der Waals surface area contributed by atoms with Gasteiger partial charge in [0.1, 0.15) is 5.76 Å². The summed E-state index contributed by atoms with van der Waals surface area (Å²) in [6, 6.07) is 1.57. The van der Waals surface area contributed by atoms with E-state index in [4.69, 9.17) is 9.26 Å². The van der Waals surface area contributed by atoms with E-state index in [9.17, 15) is 9.59 Å². The maximum atomic E-state index is 11.7. The molecule has 0 aliphatic rings. The number of nitrogens with zero attached hydrogens (tertiary/aromatic N) is 2. The summed E-state index contributed by atoms with van der Waals surface area (Å²) in [5, 5.41) is 8.23. The Kier molecular flexibility index (Phi) is 4.88. The number of carbonyl (C=O) groups is 2. The molecule has 0 spiro atoms. The van der Waals surface area contributed by atoms with Crippen molar-refractivity contribution in [3.63, 3.8) is 0 Å². The predicted molar refractivity (Wildman–Crippen MR) is 73.2 cm³/mol. The van der Waals surface area contributed by atoms with E-state index in [0.717, 1.165) is 0 Å². The van der Waals surface area contributed by atoms with E-state index >= 15 is 0 Å². The van der Waals surface area contributed by atoms with Crippen molar-refractivity contribution in [3.8, 4) is 5.88 Å². The van der Waals surface area contributed by atoms with Crippen LogP contribution in [0.1, 0.15) is 11.5 Å². The van der Waals surface area contributed by atoms with Crippen molar-refractivity contribution in [2.75, 3.05) is 19.0 Å². The number of anilines is 1. The lowest BCUT2D eigenvalue weighted by Gasteiger charge is -2.01. The molecule has 0 atom stereocenters. The molecule has 0 radical (unpaired) electrons. The number of amides is 1. The Hall–Kier alpha value is -2.42. The van der Waals surface area contributed by atoms with Crippen LogP contribution >= 0.6 is 11.3 Å². The van der Waals surface area contributed by atoms with E-state index in [2.05, 4.69) is 20.2 Å². The minimum Gasteiger partial charge on any atom is -0.469 e. The Bertz CT molecular complexity index is 636. The van der Waals surface area contributed by atoms with Gasteiger partial charge in [0.05, 0.1) is 19.2 Å². The zero-order chi connectivity index (χ0) is 15.2. The summed E-state index contributed by atoms with van der Waals surface area (Å²) in [6.07, 6.45) is 0.0671. The van der Waals surface area contributed by atoms with Gasteiger partial charge in [-0.2, -0.15) is 0 Å². The second kappa shape index (κ2) is 6.84. The average Bonchev–Trinajstić information content (AvgIpc) is 3.05. The molecule has 2 heterocycles. The van der Waals surface area contributed by atoms with Gasteiger partial charge in [0.2, 0.25) is 0 Å². The number of nitrogens with one attached hydrogen (secondary N) is 1. The summed E-state index contributed by atoms with van der Waals surface area (Å²) >= 11 is 1.22. The third-order valence-electron chi connectivity index (χ3n) is 2.31. The average molecular weight is 311 g/mol. The second-order valence-corrected chi connectivity index (χ2v) is 4.87. The fourth-order valence-electron chi connectivity index (χ4n) is 1.37. The van der Waals surface area contributed by atoms with Gasteiger partial charge >= 0.3 is 5.97 Å². The molecule has 2 rings (SSSR count). The highest BCUT2D eigenvalue weighted by Gasteiger charge is 2.11. The summed E-state index contributed by atoms with van der Waals surface area (Å²) in [7, 11) is 1.31. The van der Waals surface area contributed by atoms with Crippen LogP contribution in [-0.2, 0) is 20.7 Å². The van der Waals surface area contributed by atoms with Gasteiger partial charge in [-0.15, -0.1) is 11.3 Å². The molecule has 0 unspecified atom stereocenters. The van der Waals surface area contributed by atoms with Crippen molar-refractivity contribution < 1.29 is 23.6 Å². The first-order valence-corrected chi connectivity index (χ1v) is 6.82. The molecule has 0 saturated heterocycles. The summed E-state index contributed by atoms with van der Waals surface area (Å²) in [6.45, 7) is 1.51. The molecule has 0 aliphatic carbocycles. The molecule has 112 valence electrons. The van der Waals surface area contributed by atoms with E-state index in [1.165, 1.54) is 18.4 Å². The highest BCUT2D eigenvalue weighted by Crippen LogP contribution is 2.16. The van der Waals surface area contributed by atoms with E-state index < -0.39 is 0 Å². The molecule has 1 N–H and O–H groups in total. The molecule has 1 amide bonds. The van der Waals surface area contributed by atoms with E-state index in [-0.39, 0.29) is 30.8 Å². The van der Waals surface area contributed by atoms with Crippen molar-refractivity contribution >= 4 is 28.3 Å². The fourth-order valence-corrected chi connectivity index (χ4v) is 2.10. The molecule has 0 saturated carbocycles. The summed E-state index contributed by atoms with van der Waals surface area (Å²) < 4.78 is 14.5. The van der Waals surface area contributed by atoms with Crippen molar-refractivity contribution in [1.82, 2.24) is 10.1 Å². The molecule has 0 fully saturated rings. The highest BCUT2D eigenvalue weighted by atomic mass is 32.1. The van der Waals surface area contributed by atoms with Crippen molar-refractivity contribution in [2.24, 2.45) is 0 Å². The zero-order valence-electron chi connectivity index (χ0n) is 11.4. The number of carbonyl (C=O) groups excluding carboxylic acids is 2. The summed E-state index contributed by atoms with van der Waals surface area (Å²) in [4.78, 5) is 26.8. The molecular formula is C12H13N3O5S. The fraction of sp³-hybridized carbons (Fsp3) is 0.333. The van der Waals surface area contributed by atoms with E-state index in [1.54, 1.807) is 18.4 Å². The van der Waals surface area contributed by atoms with Gasteiger partial charge in [-0.3, -0.25) is 14.9 Å². The summed E-state index contributed by atoms with van der Waals surface area (Å²) in [5.41, 5.74) is 0.537. The number of ether oxygens (including phenoxy) is 2. The lowest BCUT2D eigenvalue weighted by Crippen LogP contribution is -2.20. The van der Waals surface area contributed by atoms with Gasteiger partial charge in [-0.25, -0.2) is 4.98 Å². The van der Waals surface area contributed by atoms with Crippen LogP contribution in [0.15, 0.2) is 16.0 Å². The normalized spacial score (nSPS) is 10.2. The molecule has 21 heavy (non-hydrogen) atoms. The molecule has 0 aliphatic heterocycles. The van der Waals surface area contributed by atoms with E-state index in [1.807, 2.05) is 0 Å². The smallest absolute Gasteiger partial charge is 0.311 e. The number of rotatable bonds is 6. The lowest BCUT2D eigenvalue weighted by molar-refractivity contribution is -0.139. The number of hydrogen-bond acceptors (Lipinski definition) is 8. The van der Waals surface area contributed by atoms with Gasteiger partial charge in [0.25, 0.3) is 11.8 Å². The van der Waals surface area contributed by atoms with Crippen LogP contribution in [0.2, 0.25) is 0 Å². The highest BCUT2D eigenvalue weighted by molar-refractivity contribution is 7.13. The minimum absolute atomic E-state index is 0.0671. The number of aromatic nitrogens is 2. The third kappa shape index (κ3) is 4.56. The Morgan fingerprint density at radius 2 is 2.29 bits per heavy atom. The molecule has 8 nitrogen and oxygen atoms in total. The van der Waals surface area contributed by atoms with Gasteiger partial charge < -0.3 is 14.0 Å². The molecular weight excluding hydrogens is 298 g/mol. The monoisotopic (exact) mass is 311 g/mol. The van der Waals surface area contributed by atoms with Crippen molar-refractivity contribution in [1.29, 1.82) is 0 Å². The molecule has 2 aromatic heterocycles. The zero-order valence-corrected chi connectivity index (χ0v) is 12.2. The standard InChI is InChI=1S/C12H13N3O5S/c1-7-3-10(15-20-7)19-5-9(16)14-12-13-8(6-21-12)4-11(17)18-2/h3,6H,4-5H2,1-2H3,(H,13,14,16). The van der Waals surface area contributed by atoms with Crippen LogP contribution < -0.4 is 10.1 Å². The Labute approximate surface area is 124 Å². The predicted octanol–water partition coefficient (Wildman–Crippen LogP) is 1.17. The largest absolute Gasteiger partial charge is 0.469 e. The van der Waals surface area contributed by atoms with Crippen LogP contribution in [-0.4, -0.2) is 35.7 Å². The molecule has 0 bridgehead atoms. The maximum absolute atomic E-state index is 11.7. The first-order valence-electron chi connectivity index (χ1n) is 5.94. The van der Waals surface area contributed by atoms with Gasteiger partial charge in [0.15, 0.2) is 11.7 Å². The van der Waals surface area contributed by atoms with Crippen LogP contribution in [0.4, 0.5) is 5.13 Å². The Balaban J connectivity index is 1.81. The third-order valence-corrected chi connectivity index (χ3v) is 3.12. The number of hydrogen-bond donors (Lipinski definition) is 1. The van der Waals surface area contributed by atoms with Crippen molar-refractivity contribution in [3.05, 3.63) is 22.9 Å². The topological polar surface area (TPSA) is 104 Å². The first kappa shape index (κ1) is 15.0. The van der Waals surface area contributed by atoms with Gasteiger partial charge in [-0.05, 0) is 12.1 Å². The number of thiazole rings is 1. The van der Waals surface area contributed by atoms with Crippen molar-refractivity contribution in [2.45, 2.75) is 13.3 Å². The molecule has 2 aromatic rings. The van der Waals surface area contributed by atoms with Crippen LogP contribution in [0.25, 0.3) is 0 Å². The maximum Gasteiger partial charge on any atom is 0.311 e. The second-order valence-electron chi connectivity index (χ2n) is 4.01. The Morgan fingerprint density at radius 3 is 2.95 bits per heavy atom. The van der Waals surface area contributed by atoms with Crippen LogP contribution in [0, 0.1) is 6.92 Å². The number of methoxy groups -OCH3 is 1. The van der Waals surface area contributed by atoms with E-state index in [0.29, 0.717) is 16.6 Å². The minimum atomic E-state index is -0.386. The molecule has 9 heteroatoms. The lowest BCUT2D eigenvalue weighted by atomic mass is 10.3. The Morgan fingerprint density at radius 1 is 1.48 bits per heavy atom. The number of esters is 1. The van der Waals surface area contributed by atoms with Crippen LogP contribution in [0.5, 0.6) is 5.88 Å². The van der Waals surface area contributed by atoms with Gasteiger partial charge in [0, 0.05) is 11.4 Å². The molecule has 0 aromatic carbocycles. The van der Waals surface area contributed by atoms with Crippen LogP contribution in [0.3, 0.4) is 0 Å². The number of aryl methyl sites for hydroxylation is 1. The van der Waals surface area contributed by atoms with Gasteiger partial charge in [-0.1, -0.05) is 0 Å².